The lowest BCUT2D eigenvalue weighted by molar-refractivity contribution is 1.09. The molecule has 5 heteroatoms. The Bertz CT molecular complexity index is 484. The molecule has 0 saturated heterocycles. The zero-order valence-electron chi connectivity index (χ0n) is 9.44. The molecule has 0 radical (unpaired) electrons. The zero-order chi connectivity index (χ0) is 12.1. The lowest BCUT2D eigenvalue weighted by Gasteiger charge is -2.07. The first-order valence-electron chi connectivity index (χ1n) is 5.37. The molecule has 0 amide bonds. The van der Waals surface area contributed by atoms with Crippen molar-refractivity contribution in [3.63, 3.8) is 0 Å². The second kappa shape index (κ2) is 5.81. The Hall–Kier alpha value is -1.37. The van der Waals surface area contributed by atoms with Crippen LogP contribution < -0.4 is 10.6 Å². The van der Waals surface area contributed by atoms with E-state index in [4.69, 9.17) is 0 Å². The van der Waals surface area contributed by atoms with Crippen molar-refractivity contribution in [3.8, 4) is 0 Å². The van der Waals surface area contributed by atoms with Crippen LogP contribution >= 0.6 is 22.6 Å². The van der Waals surface area contributed by atoms with Gasteiger partial charge in [-0.15, -0.1) is 0 Å². The third-order valence-electron chi connectivity index (χ3n) is 2.11. The Morgan fingerprint density at radius 3 is 2.65 bits per heavy atom. The number of hydrogen-bond donors (Lipinski definition) is 2. The molecule has 0 saturated carbocycles. The molecule has 1 aromatic heterocycles. The van der Waals surface area contributed by atoms with E-state index in [1.54, 1.807) is 6.20 Å². The van der Waals surface area contributed by atoms with Gasteiger partial charge in [0, 0.05) is 22.0 Å². The molecule has 0 aliphatic heterocycles. The summed E-state index contributed by atoms with van der Waals surface area (Å²) in [6.07, 6.45) is 1.74. The number of benzene rings is 1. The van der Waals surface area contributed by atoms with Crippen LogP contribution in [0.25, 0.3) is 0 Å². The number of hydrogen-bond acceptors (Lipinski definition) is 4. The smallest absolute Gasteiger partial charge is 0.224 e. The molecule has 2 aromatic rings. The van der Waals surface area contributed by atoms with Crippen molar-refractivity contribution < 1.29 is 0 Å². The molecular weight excluding hydrogens is 327 g/mol. The van der Waals surface area contributed by atoms with Crippen LogP contribution in [0.1, 0.15) is 6.92 Å². The summed E-state index contributed by atoms with van der Waals surface area (Å²) in [6, 6.07) is 10.00. The van der Waals surface area contributed by atoms with Crippen molar-refractivity contribution in [2.75, 3.05) is 17.2 Å². The largest absolute Gasteiger partial charge is 0.354 e. The van der Waals surface area contributed by atoms with E-state index in [-0.39, 0.29) is 0 Å². The van der Waals surface area contributed by atoms with Gasteiger partial charge < -0.3 is 10.6 Å². The molecule has 0 bridgehead atoms. The SMILES string of the molecule is CCNc1nccc(Nc2ccc(I)cc2)n1. The molecule has 17 heavy (non-hydrogen) atoms. The number of aromatic nitrogens is 2. The van der Waals surface area contributed by atoms with Gasteiger partial charge in [0.15, 0.2) is 0 Å². The molecule has 1 aromatic carbocycles. The third kappa shape index (κ3) is 3.55. The first-order chi connectivity index (χ1) is 8.28. The Kier molecular flexibility index (Phi) is 4.13. The van der Waals surface area contributed by atoms with Crippen molar-refractivity contribution >= 4 is 40.0 Å². The normalized spacial score (nSPS) is 10.0. The summed E-state index contributed by atoms with van der Waals surface area (Å²) in [5.41, 5.74) is 1.02. The van der Waals surface area contributed by atoms with Gasteiger partial charge >= 0.3 is 0 Å². The van der Waals surface area contributed by atoms with Crippen LogP contribution in [0.5, 0.6) is 0 Å². The number of halogens is 1. The standard InChI is InChI=1S/C12H13IN4/c1-2-14-12-15-8-7-11(17-12)16-10-5-3-9(13)4-6-10/h3-8H,2H2,1H3,(H2,14,15,16,17). The first kappa shape index (κ1) is 12.1. The van der Waals surface area contributed by atoms with Crippen molar-refractivity contribution in [1.82, 2.24) is 9.97 Å². The molecule has 0 fully saturated rings. The van der Waals surface area contributed by atoms with Gasteiger partial charge in [0.05, 0.1) is 0 Å². The van der Waals surface area contributed by atoms with Crippen LogP contribution in [0.2, 0.25) is 0 Å². The summed E-state index contributed by atoms with van der Waals surface area (Å²) >= 11 is 2.28. The average Bonchev–Trinajstić information content (AvgIpc) is 2.33. The third-order valence-corrected chi connectivity index (χ3v) is 2.83. The first-order valence-corrected chi connectivity index (χ1v) is 6.45. The number of rotatable bonds is 4. The van der Waals surface area contributed by atoms with Crippen LogP contribution in [0.4, 0.5) is 17.5 Å². The highest BCUT2D eigenvalue weighted by molar-refractivity contribution is 14.1. The van der Waals surface area contributed by atoms with Gasteiger partial charge in [0.25, 0.3) is 0 Å². The maximum atomic E-state index is 4.34. The van der Waals surface area contributed by atoms with Gasteiger partial charge in [-0.25, -0.2) is 4.98 Å². The monoisotopic (exact) mass is 340 g/mol. The fourth-order valence-electron chi connectivity index (χ4n) is 1.35. The van der Waals surface area contributed by atoms with Crippen molar-refractivity contribution in [3.05, 3.63) is 40.1 Å². The number of anilines is 3. The van der Waals surface area contributed by atoms with E-state index in [9.17, 15) is 0 Å². The molecule has 0 aliphatic rings. The fourth-order valence-corrected chi connectivity index (χ4v) is 1.71. The van der Waals surface area contributed by atoms with Crippen molar-refractivity contribution in [2.45, 2.75) is 6.92 Å². The minimum atomic E-state index is 0.642. The molecule has 2 rings (SSSR count). The minimum absolute atomic E-state index is 0.642. The van der Waals surface area contributed by atoms with Crippen molar-refractivity contribution in [1.29, 1.82) is 0 Å². The quantitative estimate of drug-likeness (QED) is 0.839. The Balaban J connectivity index is 2.12. The van der Waals surface area contributed by atoms with E-state index < -0.39 is 0 Å². The molecule has 0 aliphatic carbocycles. The lowest BCUT2D eigenvalue weighted by atomic mass is 10.3. The summed E-state index contributed by atoms with van der Waals surface area (Å²) in [7, 11) is 0. The second-order valence-corrected chi connectivity index (χ2v) is 4.67. The van der Waals surface area contributed by atoms with E-state index in [0.717, 1.165) is 18.1 Å². The Morgan fingerprint density at radius 1 is 1.18 bits per heavy atom. The van der Waals surface area contributed by atoms with Gasteiger partial charge in [0.2, 0.25) is 5.95 Å². The van der Waals surface area contributed by atoms with Crippen LogP contribution in [-0.4, -0.2) is 16.5 Å². The van der Waals surface area contributed by atoms with Gasteiger partial charge in [-0.3, -0.25) is 0 Å². The van der Waals surface area contributed by atoms with E-state index >= 15 is 0 Å². The molecular formula is C12H13IN4. The Labute approximate surface area is 114 Å². The summed E-state index contributed by atoms with van der Waals surface area (Å²) in [5, 5.41) is 6.31. The van der Waals surface area contributed by atoms with Gasteiger partial charge in [-0.05, 0) is 59.8 Å². The van der Waals surface area contributed by atoms with E-state index in [1.807, 2.05) is 25.1 Å². The topological polar surface area (TPSA) is 49.8 Å². The summed E-state index contributed by atoms with van der Waals surface area (Å²) in [6.45, 7) is 2.83. The van der Waals surface area contributed by atoms with Gasteiger partial charge in [-0.1, -0.05) is 0 Å². The highest BCUT2D eigenvalue weighted by Gasteiger charge is 1.98. The van der Waals surface area contributed by atoms with Crippen LogP contribution in [-0.2, 0) is 0 Å². The molecule has 88 valence electrons. The molecule has 0 atom stereocenters. The predicted octanol–water partition coefficient (Wildman–Crippen LogP) is 3.26. The zero-order valence-corrected chi connectivity index (χ0v) is 11.6. The van der Waals surface area contributed by atoms with Gasteiger partial charge in [0.1, 0.15) is 5.82 Å². The molecule has 0 unspecified atom stereocenters. The Morgan fingerprint density at radius 2 is 1.94 bits per heavy atom. The molecule has 0 spiro atoms. The van der Waals surface area contributed by atoms with Crippen LogP contribution in [0.15, 0.2) is 36.5 Å². The number of nitrogens with one attached hydrogen (secondary N) is 2. The summed E-state index contributed by atoms with van der Waals surface area (Å²) in [5.74, 6) is 1.43. The minimum Gasteiger partial charge on any atom is -0.354 e. The predicted molar refractivity (Wildman–Crippen MR) is 78.6 cm³/mol. The summed E-state index contributed by atoms with van der Waals surface area (Å²) in [4.78, 5) is 8.47. The van der Waals surface area contributed by atoms with Crippen molar-refractivity contribution in [2.24, 2.45) is 0 Å². The highest BCUT2D eigenvalue weighted by Crippen LogP contribution is 2.16. The molecule has 2 N–H and O–H groups in total. The number of nitrogens with zero attached hydrogens (tertiary/aromatic N) is 2. The van der Waals surface area contributed by atoms with Crippen LogP contribution in [0, 0.1) is 3.57 Å². The maximum Gasteiger partial charge on any atom is 0.224 e. The molecule has 1 heterocycles. The second-order valence-electron chi connectivity index (χ2n) is 3.43. The van der Waals surface area contributed by atoms with Crippen LogP contribution in [0.3, 0.4) is 0 Å². The lowest BCUT2D eigenvalue weighted by Crippen LogP contribution is -2.03. The molecule has 4 nitrogen and oxygen atoms in total. The van der Waals surface area contributed by atoms with E-state index in [2.05, 4.69) is 55.3 Å². The highest BCUT2D eigenvalue weighted by atomic mass is 127. The van der Waals surface area contributed by atoms with Gasteiger partial charge in [-0.2, -0.15) is 4.98 Å². The average molecular weight is 340 g/mol. The fraction of sp³-hybridized carbons (Fsp3) is 0.167. The summed E-state index contributed by atoms with van der Waals surface area (Å²) < 4.78 is 1.21. The maximum absolute atomic E-state index is 4.34. The van der Waals surface area contributed by atoms with E-state index in [1.165, 1.54) is 3.57 Å². The van der Waals surface area contributed by atoms with E-state index in [0.29, 0.717) is 5.95 Å².